The van der Waals surface area contributed by atoms with Gasteiger partial charge in [-0.05, 0) is 36.7 Å². The van der Waals surface area contributed by atoms with Crippen molar-refractivity contribution >= 4 is 28.0 Å². The summed E-state index contributed by atoms with van der Waals surface area (Å²) in [6.45, 7) is 1.95. The molecule has 0 saturated heterocycles. The topological polar surface area (TPSA) is 123 Å². The van der Waals surface area contributed by atoms with E-state index in [9.17, 15) is 15.4 Å². The van der Waals surface area contributed by atoms with Gasteiger partial charge in [-0.15, -0.1) is 11.3 Å². The van der Waals surface area contributed by atoms with Crippen LogP contribution in [0.2, 0.25) is 0 Å². The zero-order chi connectivity index (χ0) is 15.7. The first kappa shape index (κ1) is 14.3. The fourth-order valence-corrected chi connectivity index (χ4v) is 3.65. The van der Waals surface area contributed by atoms with Crippen LogP contribution in [0.15, 0.2) is 4.99 Å². The molecular formula is C12H11N7O2S. The molecule has 0 radical (unpaired) electrons. The van der Waals surface area contributed by atoms with E-state index in [1.807, 2.05) is 0 Å². The van der Waals surface area contributed by atoms with Gasteiger partial charge < -0.3 is 10.1 Å². The van der Waals surface area contributed by atoms with Crippen molar-refractivity contribution in [1.29, 1.82) is 5.26 Å². The number of nitriles is 1. The number of hydrogen-bond donors (Lipinski definition) is 0. The Morgan fingerprint density at radius 1 is 1.59 bits per heavy atom. The molecule has 10 heteroatoms. The largest absolute Gasteiger partial charge is 0.514 e. The molecule has 1 aliphatic carbocycles. The number of hydrogen-bond acceptors (Lipinski definition) is 8. The highest BCUT2D eigenvalue weighted by Crippen LogP contribution is 2.40. The molecule has 22 heavy (non-hydrogen) atoms. The highest BCUT2D eigenvalue weighted by atomic mass is 32.1. The van der Waals surface area contributed by atoms with Crippen LogP contribution in [0.5, 0.6) is 0 Å². The van der Waals surface area contributed by atoms with Gasteiger partial charge in [0.1, 0.15) is 17.6 Å². The van der Waals surface area contributed by atoms with Gasteiger partial charge in [-0.25, -0.2) is 4.99 Å². The summed E-state index contributed by atoms with van der Waals surface area (Å²) in [7, 11) is 0. The van der Waals surface area contributed by atoms with Gasteiger partial charge in [0.25, 0.3) is 0 Å². The van der Waals surface area contributed by atoms with Crippen molar-refractivity contribution in [3.8, 4) is 6.07 Å². The van der Waals surface area contributed by atoms with E-state index in [-0.39, 0.29) is 6.54 Å². The first-order valence-electron chi connectivity index (χ1n) is 6.59. The Hall–Kier alpha value is -2.67. The average Bonchev–Trinajstić information content (AvgIpc) is 3.13. The normalized spacial score (nSPS) is 13.9. The highest BCUT2D eigenvalue weighted by Gasteiger charge is 2.22. The maximum Gasteiger partial charge on any atom is 0.514 e. The Labute approximate surface area is 129 Å². The molecule has 2 aromatic heterocycles. The molecule has 0 aliphatic heterocycles. The lowest BCUT2D eigenvalue weighted by molar-refractivity contribution is -0.394. The number of nitro groups is 1. The van der Waals surface area contributed by atoms with E-state index in [0.29, 0.717) is 16.3 Å². The Kier molecular flexibility index (Phi) is 3.64. The van der Waals surface area contributed by atoms with Gasteiger partial charge >= 0.3 is 5.95 Å². The summed E-state index contributed by atoms with van der Waals surface area (Å²) in [5, 5.41) is 31.1. The van der Waals surface area contributed by atoms with Crippen LogP contribution in [0.4, 0.5) is 10.9 Å². The lowest BCUT2D eigenvalue weighted by atomic mass is 10.1. The van der Waals surface area contributed by atoms with Crippen LogP contribution in [0.3, 0.4) is 0 Å². The van der Waals surface area contributed by atoms with Gasteiger partial charge in [0.05, 0.1) is 15.8 Å². The Balaban J connectivity index is 1.83. The second-order valence-corrected chi connectivity index (χ2v) is 5.96. The number of aromatic nitrogens is 4. The molecule has 112 valence electrons. The standard InChI is InChI=1S/C12H11N7O2S/c1-7(6-18-16-12(15-17-18)19(20)21)14-11-9(5-13)8-3-2-4-10(8)22-11/h2-4,6H2,1H3/b14-7+. The first-order valence-corrected chi connectivity index (χ1v) is 7.41. The van der Waals surface area contributed by atoms with Crippen molar-refractivity contribution in [3.63, 3.8) is 0 Å². The molecule has 1 aliphatic rings. The molecule has 0 saturated carbocycles. The number of thiophene rings is 1. The van der Waals surface area contributed by atoms with Crippen molar-refractivity contribution < 1.29 is 4.92 Å². The molecule has 0 bridgehead atoms. The van der Waals surface area contributed by atoms with E-state index in [1.54, 1.807) is 6.92 Å². The fraction of sp³-hybridized carbons (Fsp3) is 0.417. The lowest BCUT2D eigenvalue weighted by Gasteiger charge is -1.97. The van der Waals surface area contributed by atoms with Crippen molar-refractivity contribution in [2.75, 3.05) is 0 Å². The summed E-state index contributed by atoms with van der Waals surface area (Å²) in [5.74, 6) is -0.541. The van der Waals surface area contributed by atoms with E-state index in [2.05, 4.69) is 26.5 Å². The van der Waals surface area contributed by atoms with Crippen LogP contribution in [-0.4, -0.2) is 30.8 Å². The van der Waals surface area contributed by atoms with Crippen molar-refractivity contribution in [2.24, 2.45) is 4.99 Å². The fourth-order valence-electron chi connectivity index (χ4n) is 2.37. The summed E-state index contributed by atoms with van der Waals surface area (Å²) in [6.07, 6.45) is 3.02. The van der Waals surface area contributed by atoms with E-state index in [4.69, 9.17) is 0 Å². The van der Waals surface area contributed by atoms with Gasteiger partial charge in [-0.1, -0.05) is 4.80 Å². The van der Waals surface area contributed by atoms with Crippen LogP contribution < -0.4 is 0 Å². The molecule has 0 amide bonds. The summed E-state index contributed by atoms with van der Waals surface area (Å²) in [5.41, 5.74) is 2.42. The van der Waals surface area contributed by atoms with Gasteiger partial charge in [-0.3, -0.25) is 0 Å². The van der Waals surface area contributed by atoms with E-state index in [1.165, 1.54) is 16.2 Å². The molecule has 0 N–H and O–H groups in total. The predicted octanol–water partition coefficient (Wildman–Crippen LogP) is 1.80. The highest BCUT2D eigenvalue weighted by molar-refractivity contribution is 7.16. The van der Waals surface area contributed by atoms with Gasteiger partial charge in [0, 0.05) is 15.8 Å². The van der Waals surface area contributed by atoms with Crippen LogP contribution >= 0.6 is 11.3 Å². The molecule has 0 spiro atoms. The van der Waals surface area contributed by atoms with E-state index >= 15 is 0 Å². The molecule has 0 atom stereocenters. The van der Waals surface area contributed by atoms with Crippen molar-refractivity contribution in [2.45, 2.75) is 32.7 Å². The minimum atomic E-state index is -0.701. The summed E-state index contributed by atoms with van der Waals surface area (Å²) >= 11 is 1.54. The van der Waals surface area contributed by atoms with Gasteiger partial charge in [0.2, 0.25) is 0 Å². The molecular weight excluding hydrogens is 306 g/mol. The molecule has 3 rings (SSSR count). The SMILES string of the molecule is C/C(Cn1nnc([N+](=O)[O-])n1)=N\c1sc2c(c1C#N)CCC2. The zero-order valence-corrected chi connectivity index (χ0v) is 12.5. The first-order chi connectivity index (χ1) is 10.6. The van der Waals surface area contributed by atoms with Crippen LogP contribution in [-0.2, 0) is 19.4 Å². The van der Waals surface area contributed by atoms with Gasteiger partial charge in [-0.2, -0.15) is 5.26 Å². The second-order valence-electron chi connectivity index (χ2n) is 4.87. The summed E-state index contributed by atoms with van der Waals surface area (Å²) in [4.78, 5) is 16.6. The maximum absolute atomic E-state index is 10.5. The Morgan fingerprint density at radius 3 is 3.09 bits per heavy atom. The number of rotatable bonds is 4. The number of fused-ring (bicyclic) bond motifs is 1. The lowest BCUT2D eigenvalue weighted by Crippen LogP contribution is -2.10. The molecule has 0 fully saturated rings. The summed E-state index contributed by atoms with van der Waals surface area (Å²) < 4.78 is 0. The monoisotopic (exact) mass is 317 g/mol. The molecule has 0 unspecified atom stereocenters. The molecule has 2 heterocycles. The van der Waals surface area contributed by atoms with Crippen molar-refractivity contribution in [3.05, 3.63) is 26.1 Å². The van der Waals surface area contributed by atoms with E-state index in [0.717, 1.165) is 29.6 Å². The number of aryl methyl sites for hydroxylation is 1. The quantitative estimate of drug-likeness (QED) is 0.481. The minimum absolute atomic E-state index is 0.189. The second kappa shape index (κ2) is 5.61. The van der Waals surface area contributed by atoms with Crippen molar-refractivity contribution in [1.82, 2.24) is 20.2 Å². The average molecular weight is 317 g/mol. The predicted molar refractivity (Wildman–Crippen MR) is 78.3 cm³/mol. The number of tetrazole rings is 1. The maximum atomic E-state index is 10.5. The third kappa shape index (κ3) is 2.58. The molecule has 9 nitrogen and oxygen atoms in total. The minimum Gasteiger partial charge on any atom is -0.390 e. The van der Waals surface area contributed by atoms with Gasteiger partial charge in [0.15, 0.2) is 0 Å². The summed E-state index contributed by atoms with van der Waals surface area (Å²) in [6, 6.07) is 2.23. The van der Waals surface area contributed by atoms with E-state index < -0.39 is 10.9 Å². The Bertz CT molecular complexity index is 814. The van der Waals surface area contributed by atoms with Crippen LogP contribution in [0.1, 0.15) is 29.3 Å². The smallest absolute Gasteiger partial charge is 0.390 e. The zero-order valence-electron chi connectivity index (χ0n) is 11.7. The third-order valence-electron chi connectivity index (χ3n) is 3.28. The molecule has 2 aromatic rings. The number of aliphatic imine (C=N–C) groups is 1. The molecule has 0 aromatic carbocycles. The Morgan fingerprint density at radius 2 is 2.41 bits per heavy atom. The van der Waals surface area contributed by atoms with Crippen LogP contribution in [0, 0.1) is 21.4 Å². The third-order valence-corrected chi connectivity index (χ3v) is 4.47. The van der Waals surface area contributed by atoms with Crippen LogP contribution in [0.25, 0.3) is 0 Å². The number of nitrogens with zero attached hydrogens (tertiary/aromatic N) is 7.